The van der Waals surface area contributed by atoms with Crippen LogP contribution in [0.4, 0.5) is 0 Å². The zero-order valence-corrected chi connectivity index (χ0v) is 12.2. The van der Waals surface area contributed by atoms with Gasteiger partial charge in [-0.25, -0.2) is 0 Å². The Hall–Kier alpha value is -0.0900. The normalized spacial score (nSPS) is 17.5. The number of nitrogens with zero attached hydrogens (tertiary/aromatic N) is 1. The topological polar surface area (TPSA) is 20.3 Å². The van der Waals surface area contributed by atoms with Crippen molar-refractivity contribution in [2.75, 3.05) is 13.6 Å². The highest BCUT2D eigenvalue weighted by molar-refractivity contribution is 7.20. The zero-order valence-electron chi connectivity index (χ0n) is 9.87. The molecule has 1 aliphatic carbocycles. The Kier molecular flexibility index (Phi) is 4.14. The highest BCUT2D eigenvalue weighted by Gasteiger charge is 2.31. The average Bonchev–Trinajstić information content (AvgIpc) is 3.03. The maximum atomic E-state index is 12.1. The van der Waals surface area contributed by atoms with Crippen molar-refractivity contribution in [2.45, 2.75) is 25.8 Å². The van der Waals surface area contributed by atoms with E-state index in [1.165, 1.54) is 24.2 Å². The maximum Gasteiger partial charge on any atom is 0.179 e. The Labute approximate surface area is 116 Å². The molecule has 17 heavy (non-hydrogen) atoms. The van der Waals surface area contributed by atoms with Crippen molar-refractivity contribution in [3.8, 4) is 0 Å². The van der Waals surface area contributed by atoms with E-state index < -0.39 is 0 Å². The number of halogens is 2. The molecule has 1 aromatic heterocycles. The molecule has 5 heteroatoms. The molecule has 94 valence electrons. The van der Waals surface area contributed by atoms with Gasteiger partial charge in [0.05, 0.1) is 16.4 Å². The van der Waals surface area contributed by atoms with E-state index in [1.54, 1.807) is 6.07 Å². The van der Waals surface area contributed by atoms with Crippen molar-refractivity contribution in [3.63, 3.8) is 0 Å². The van der Waals surface area contributed by atoms with Crippen molar-refractivity contribution in [1.29, 1.82) is 0 Å². The molecule has 1 aromatic rings. The summed E-state index contributed by atoms with van der Waals surface area (Å²) in [6, 6.07) is 2.12. The van der Waals surface area contributed by atoms with Crippen molar-refractivity contribution in [1.82, 2.24) is 4.90 Å². The van der Waals surface area contributed by atoms with Gasteiger partial charge in [0.15, 0.2) is 5.78 Å². The second-order valence-electron chi connectivity index (χ2n) is 4.65. The number of ketones is 1. The Bertz CT molecular complexity index is 428. The number of hydrogen-bond donors (Lipinski definition) is 0. The van der Waals surface area contributed by atoms with Gasteiger partial charge < -0.3 is 0 Å². The van der Waals surface area contributed by atoms with Crippen LogP contribution in [0.5, 0.6) is 0 Å². The number of carbonyl (C=O) groups excluding carboxylic acids is 1. The van der Waals surface area contributed by atoms with E-state index >= 15 is 0 Å². The molecule has 0 amide bonds. The van der Waals surface area contributed by atoms with Crippen LogP contribution in [0, 0.1) is 5.92 Å². The maximum absolute atomic E-state index is 12.1. The van der Waals surface area contributed by atoms with Crippen molar-refractivity contribution in [2.24, 2.45) is 5.92 Å². The smallest absolute Gasteiger partial charge is 0.179 e. The molecule has 1 atom stereocenters. The van der Waals surface area contributed by atoms with E-state index in [1.807, 2.05) is 7.05 Å². The third-order valence-corrected chi connectivity index (χ3v) is 4.84. The fourth-order valence-corrected chi connectivity index (χ4v) is 3.42. The Morgan fingerprint density at radius 1 is 1.59 bits per heavy atom. The lowest BCUT2D eigenvalue weighted by Crippen LogP contribution is -2.35. The fourth-order valence-electron chi connectivity index (χ4n) is 1.92. The van der Waals surface area contributed by atoms with Gasteiger partial charge in [0.2, 0.25) is 0 Å². The molecule has 1 aliphatic rings. The van der Waals surface area contributed by atoms with Crippen LogP contribution in [0.2, 0.25) is 8.67 Å². The van der Waals surface area contributed by atoms with E-state index in [0.717, 1.165) is 5.92 Å². The van der Waals surface area contributed by atoms with E-state index in [0.29, 0.717) is 26.8 Å². The molecule has 1 saturated carbocycles. The van der Waals surface area contributed by atoms with Crippen molar-refractivity contribution >= 4 is 40.3 Å². The van der Waals surface area contributed by atoms with Gasteiger partial charge in [0.25, 0.3) is 0 Å². The first-order valence-corrected chi connectivity index (χ1v) is 7.24. The van der Waals surface area contributed by atoms with E-state index in [-0.39, 0.29) is 5.78 Å². The summed E-state index contributed by atoms with van der Waals surface area (Å²) in [5, 5.41) is 0. The summed E-state index contributed by atoms with van der Waals surface area (Å²) in [5.41, 5.74) is 0.552. The number of thiophene rings is 1. The molecule has 0 saturated heterocycles. The molecular weight excluding hydrogens is 277 g/mol. The molecule has 1 unspecified atom stereocenters. The average molecular weight is 292 g/mol. The predicted octanol–water partition coefficient (Wildman–Crippen LogP) is 3.97. The number of Topliss-reactive ketones (excluding diaryl/α,β-unsaturated/α-hetero) is 1. The predicted molar refractivity (Wildman–Crippen MR) is 73.5 cm³/mol. The van der Waals surface area contributed by atoms with Crippen LogP contribution in [-0.4, -0.2) is 30.3 Å². The lowest BCUT2D eigenvalue weighted by molar-refractivity contribution is 0.0918. The molecule has 0 spiro atoms. The van der Waals surface area contributed by atoms with Crippen LogP contribution in [0.25, 0.3) is 0 Å². The summed E-state index contributed by atoms with van der Waals surface area (Å²) < 4.78 is 1.06. The van der Waals surface area contributed by atoms with Gasteiger partial charge in [-0.2, -0.15) is 0 Å². The highest BCUT2D eigenvalue weighted by Crippen LogP contribution is 2.35. The second-order valence-corrected chi connectivity index (χ2v) is 6.94. The van der Waals surface area contributed by atoms with Gasteiger partial charge in [-0.15, -0.1) is 11.3 Å². The third-order valence-electron chi connectivity index (χ3n) is 3.35. The Balaban J connectivity index is 1.98. The summed E-state index contributed by atoms with van der Waals surface area (Å²) >= 11 is 13.1. The highest BCUT2D eigenvalue weighted by atomic mass is 35.5. The minimum absolute atomic E-state index is 0.0492. The van der Waals surface area contributed by atoms with Crippen LogP contribution >= 0.6 is 34.5 Å². The fraction of sp³-hybridized carbons (Fsp3) is 0.583. The lowest BCUT2D eigenvalue weighted by Gasteiger charge is -2.23. The van der Waals surface area contributed by atoms with E-state index in [9.17, 15) is 4.79 Å². The lowest BCUT2D eigenvalue weighted by atomic mass is 10.1. The first-order valence-electron chi connectivity index (χ1n) is 5.67. The van der Waals surface area contributed by atoms with Crippen LogP contribution in [0.3, 0.4) is 0 Å². The molecule has 0 N–H and O–H groups in total. The van der Waals surface area contributed by atoms with Gasteiger partial charge in [0.1, 0.15) is 4.34 Å². The number of rotatable bonds is 5. The molecular formula is C12H15Cl2NOS. The second kappa shape index (κ2) is 5.27. The minimum Gasteiger partial charge on any atom is -0.296 e. The summed E-state index contributed by atoms with van der Waals surface area (Å²) in [5.74, 6) is 0.808. The number of hydrogen-bond acceptors (Lipinski definition) is 3. The Morgan fingerprint density at radius 3 is 2.71 bits per heavy atom. The molecule has 0 radical (unpaired) electrons. The van der Waals surface area contributed by atoms with Crippen molar-refractivity contribution < 1.29 is 4.79 Å². The van der Waals surface area contributed by atoms with Gasteiger partial charge in [-0.05, 0) is 38.8 Å². The molecule has 0 aliphatic heterocycles. The summed E-state index contributed by atoms with van der Waals surface area (Å²) in [6.45, 7) is 2.58. The van der Waals surface area contributed by atoms with Crippen molar-refractivity contribution in [3.05, 3.63) is 20.3 Å². The first-order chi connectivity index (χ1) is 7.99. The van der Waals surface area contributed by atoms with Crippen LogP contribution in [0.1, 0.15) is 30.1 Å². The minimum atomic E-state index is 0.0492. The van der Waals surface area contributed by atoms with Gasteiger partial charge in [-0.1, -0.05) is 23.2 Å². The molecule has 2 nitrogen and oxygen atoms in total. The SMILES string of the molecule is CC(C1CC1)N(C)CC(=O)c1cc(Cl)sc1Cl. The molecule has 1 fully saturated rings. The summed E-state index contributed by atoms with van der Waals surface area (Å²) in [4.78, 5) is 14.2. The van der Waals surface area contributed by atoms with Gasteiger partial charge >= 0.3 is 0 Å². The monoisotopic (exact) mass is 291 g/mol. The zero-order chi connectivity index (χ0) is 12.6. The molecule has 0 aromatic carbocycles. The molecule has 2 rings (SSSR count). The van der Waals surface area contributed by atoms with E-state index in [4.69, 9.17) is 23.2 Å². The van der Waals surface area contributed by atoms with Crippen LogP contribution in [-0.2, 0) is 0 Å². The third kappa shape index (κ3) is 3.22. The first kappa shape index (κ1) is 13.3. The van der Waals surface area contributed by atoms with Gasteiger partial charge in [0, 0.05) is 6.04 Å². The number of carbonyl (C=O) groups is 1. The largest absolute Gasteiger partial charge is 0.296 e. The molecule has 0 bridgehead atoms. The van der Waals surface area contributed by atoms with E-state index in [2.05, 4.69) is 11.8 Å². The summed E-state index contributed by atoms with van der Waals surface area (Å²) in [6.07, 6.45) is 2.56. The van der Waals surface area contributed by atoms with Crippen LogP contribution in [0.15, 0.2) is 6.07 Å². The van der Waals surface area contributed by atoms with Gasteiger partial charge in [-0.3, -0.25) is 9.69 Å². The molecule has 1 heterocycles. The number of likely N-dealkylation sites (N-methyl/N-ethyl adjacent to an activating group) is 1. The quantitative estimate of drug-likeness (QED) is 0.765. The van der Waals surface area contributed by atoms with Crippen LogP contribution < -0.4 is 0 Å². The Morgan fingerprint density at radius 2 is 2.24 bits per heavy atom. The standard InChI is InChI=1S/C12H15Cl2NOS/c1-7(8-3-4-8)15(2)6-10(16)9-5-11(13)17-12(9)14/h5,7-8H,3-4,6H2,1-2H3. The summed E-state index contributed by atoms with van der Waals surface area (Å²) in [7, 11) is 1.99.